The van der Waals surface area contributed by atoms with Crippen LogP contribution in [0.4, 0.5) is 0 Å². The average molecular weight is 335 g/mol. The van der Waals surface area contributed by atoms with Gasteiger partial charge in [0.15, 0.2) is 18.1 Å². The van der Waals surface area contributed by atoms with Crippen LogP contribution in [0.15, 0.2) is 18.2 Å². The molecule has 6 heteroatoms. The predicted octanol–water partition coefficient (Wildman–Crippen LogP) is 2.90. The Morgan fingerprint density at radius 3 is 2.67 bits per heavy atom. The van der Waals surface area contributed by atoms with Gasteiger partial charge in [-0.15, -0.1) is 0 Å². The summed E-state index contributed by atoms with van der Waals surface area (Å²) >= 11 is 0. The summed E-state index contributed by atoms with van der Waals surface area (Å²) in [6.45, 7) is 6.17. The number of ether oxygens (including phenoxy) is 3. The summed E-state index contributed by atoms with van der Waals surface area (Å²) in [6, 6.07) is 4.86. The van der Waals surface area contributed by atoms with E-state index in [-0.39, 0.29) is 25.3 Å². The topological polar surface area (TPSA) is 73.9 Å². The molecule has 0 radical (unpaired) electrons. The second-order valence-electron chi connectivity index (χ2n) is 6.44. The van der Waals surface area contributed by atoms with E-state index >= 15 is 0 Å². The monoisotopic (exact) mass is 335 g/mol. The minimum absolute atomic E-state index is 0.0699. The molecule has 0 bridgehead atoms. The number of carbonyl (C=O) groups excluding carboxylic acids is 2. The van der Waals surface area contributed by atoms with Gasteiger partial charge in [0.2, 0.25) is 6.79 Å². The van der Waals surface area contributed by atoms with E-state index in [4.69, 9.17) is 14.2 Å². The summed E-state index contributed by atoms with van der Waals surface area (Å²) in [5, 5.41) is 2.84. The van der Waals surface area contributed by atoms with Gasteiger partial charge in [-0.3, -0.25) is 4.79 Å². The molecule has 2 rings (SSSR count). The third-order valence-corrected chi connectivity index (χ3v) is 3.77. The third-order valence-electron chi connectivity index (χ3n) is 3.77. The van der Waals surface area contributed by atoms with Crippen molar-refractivity contribution < 1.29 is 23.8 Å². The molecule has 1 unspecified atom stereocenters. The molecule has 0 aromatic heterocycles. The molecule has 1 amide bonds. The fourth-order valence-corrected chi connectivity index (χ4v) is 2.46. The summed E-state index contributed by atoms with van der Waals surface area (Å²) in [5.41, 5.74) is 0.331. The second kappa shape index (κ2) is 8.57. The first-order valence-corrected chi connectivity index (χ1v) is 8.32. The van der Waals surface area contributed by atoms with Gasteiger partial charge >= 0.3 is 5.97 Å². The number of rotatable bonds is 8. The summed E-state index contributed by atoms with van der Waals surface area (Å²) in [6.07, 6.45) is 3.12. The van der Waals surface area contributed by atoms with Gasteiger partial charge in [-0.25, -0.2) is 4.79 Å². The Hall–Kier alpha value is -2.24. The van der Waals surface area contributed by atoms with E-state index in [0.717, 1.165) is 19.3 Å². The zero-order valence-corrected chi connectivity index (χ0v) is 14.5. The van der Waals surface area contributed by atoms with Crippen molar-refractivity contribution in [2.45, 2.75) is 46.1 Å². The molecule has 0 aliphatic carbocycles. The number of fused-ring (bicyclic) bond motifs is 1. The SMILES string of the molecule is CC(C)CCCC(C)NC(=O)COC(=O)c1ccc2c(c1)OCO2. The van der Waals surface area contributed by atoms with Crippen LogP contribution < -0.4 is 14.8 Å². The first-order chi connectivity index (χ1) is 11.5. The van der Waals surface area contributed by atoms with Crippen molar-refractivity contribution in [3.8, 4) is 11.5 Å². The smallest absolute Gasteiger partial charge is 0.338 e. The molecule has 6 nitrogen and oxygen atoms in total. The van der Waals surface area contributed by atoms with Gasteiger partial charge in [0.05, 0.1) is 5.56 Å². The molecule has 1 N–H and O–H groups in total. The number of hydrogen-bond donors (Lipinski definition) is 1. The highest BCUT2D eigenvalue weighted by Crippen LogP contribution is 2.32. The Bertz CT molecular complexity index is 585. The molecule has 0 fully saturated rings. The standard InChI is InChI=1S/C18H25NO5/c1-12(2)5-4-6-13(3)19-17(20)10-22-18(21)14-7-8-15-16(9-14)24-11-23-15/h7-9,12-13H,4-6,10-11H2,1-3H3,(H,19,20). The van der Waals surface area contributed by atoms with Crippen molar-refractivity contribution in [1.82, 2.24) is 5.32 Å². The Balaban J connectivity index is 1.72. The van der Waals surface area contributed by atoms with Gasteiger partial charge in [-0.05, 0) is 37.5 Å². The Morgan fingerprint density at radius 1 is 1.17 bits per heavy atom. The average Bonchev–Trinajstić information content (AvgIpc) is 2.99. The van der Waals surface area contributed by atoms with E-state index in [1.165, 1.54) is 0 Å². The lowest BCUT2D eigenvalue weighted by Gasteiger charge is -2.14. The molecule has 1 aromatic rings. The number of carbonyl (C=O) groups is 2. The molecule has 1 aliphatic heterocycles. The van der Waals surface area contributed by atoms with Crippen molar-refractivity contribution >= 4 is 11.9 Å². The minimum Gasteiger partial charge on any atom is -0.454 e. The van der Waals surface area contributed by atoms with E-state index in [1.807, 2.05) is 6.92 Å². The van der Waals surface area contributed by atoms with Crippen molar-refractivity contribution in [2.75, 3.05) is 13.4 Å². The number of hydrogen-bond acceptors (Lipinski definition) is 5. The van der Waals surface area contributed by atoms with Crippen molar-refractivity contribution in [3.63, 3.8) is 0 Å². The summed E-state index contributed by atoms with van der Waals surface area (Å²) < 4.78 is 15.4. The van der Waals surface area contributed by atoms with Gasteiger partial charge in [0.25, 0.3) is 5.91 Å². The summed E-state index contributed by atoms with van der Waals surface area (Å²) in [5.74, 6) is 0.916. The second-order valence-corrected chi connectivity index (χ2v) is 6.44. The molecule has 132 valence electrons. The van der Waals surface area contributed by atoms with Crippen molar-refractivity contribution in [1.29, 1.82) is 0 Å². The molecule has 0 spiro atoms. The molecule has 0 saturated heterocycles. The fourth-order valence-electron chi connectivity index (χ4n) is 2.46. The molecule has 1 aromatic carbocycles. The lowest BCUT2D eigenvalue weighted by Crippen LogP contribution is -2.35. The highest BCUT2D eigenvalue weighted by Gasteiger charge is 2.18. The fraction of sp³-hybridized carbons (Fsp3) is 0.556. The van der Waals surface area contributed by atoms with Crippen LogP contribution in [0.25, 0.3) is 0 Å². The molecule has 1 aliphatic rings. The van der Waals surface area contributed by atoms with Crippen LogP contribution in [-0.4, -0.2) is 31.3 Å². The van der Waals surface area contributed by atoms with E-state index < -0.39 is 5.97 Å². The maximum absolute atomic E-state index is 12.0. The lowest BCUT2D eigenvalue weighted by molar-refractivity contribution is -0.124. The third kappa shape index (κ3) is 5.44. The van der Waals surface area contributed by atoms with Gasteiger partial charge in [-0.2, -0.15) is 0 Å². The largest absolute Gasteiger partial charge is 0.454 e. The summed E-state index contributed by atoms with van der Waals surface area (Å²) in [7, 11) is 0. The highest BCUT2D eigenvalue weighted by atomic mass is 16.7. The van der Waals surface area contributed by atoms with Crippen LogP contribution >= 0.6 is 0 Å². The zero-order valence-electron chi connectivity index (χ0n) is 14.5. The van der Waals surface area contributed by atoms with Crippen LogP contribution in [0.3, 0.4) is 0 Å². The van der Waals surface area contributed by atoms with Crippen LogP contribution in [0.1, 0.15) is 50.4 Å². The molecular formula is C18H25NO5. The number of nitrogens with one attached hydrogen (secondary N) is 1. The van der Waals surface area contributed by atoms with E-state index in [2.05, 4.69) is 19.2 Å². The van der Waals surface area contributed by atoms with Crippen molar-refractivity contribution in [2.24, 2.45) is 5.92 Å². The van der Waals surface area contributed by atoms with Gasteiger partial charge in [0, 0.05) is 6.04 Å². The Labute approximate surface area is 142 Å². The quantitative estimate of drug-likeness (QED) is 0.740. The predicted molar refractivity (Wildman–Crippen MR) is 89.1 cm³/mol. The summed E-state index contributed by atoms with van der Waals surface area (Å²) in [4.78, 5) is 23.8. The van der Waals surface area contributed by atoms with Gasteiger partial charge in [-0.1, -0.05) is 26.7 Å². The van der Waals surface area contributed by atoms with Crippen LogP contribution in [-0.2, 0) is 9.53 Å². The number of amides is 1. The molecule has 1 heterocycles. The van der Waals surface area contributed by atoms with E-state index in [0.29, 0.717) is 23.0 Å². The lowest BCUT2D eigenvalue weighted by atomic mass is 10.0. The first kappa shape index (κ1) is 18.1. The van der Waals surface area contributed by atoms with Crippen LogP contribution in [0, 0.1) is 5.92 Å². The molecule has 24 heavy (non-hydrogen) atoms. The highest BCUT2D eigenvalue weighted by molar-refractivity contribution is 5.92. The van der Waals surface area contributed by atoms with Crippen molar-refractivity contribution in [3.05, 3.63) is 23.8 Å². The van der Waals surface area contributed by atoms with Gasteiger partial charge in [0.1, 0.15) is 0 Å². The molecular weight excluding hydrogens is 310 g/mol. The van der Waals surface area contributed by atoms with Crippen LogP contribution in [0.2, 0.25) is 0 Å². The van der Waals surface area contributed by atoms with E-state index in [9.17, 15) is 9.59 Å². The van der Waals surface area contributed by atoms with Gasteiger partial charge < -0.3 is 19.5 Å². The Kier molecular flexibility index (Phi) is 6.46. The Morgan fingerprint density at radius 2 is 1.92 bits per heavy atom. The number of benzene rings is 1. The van der Waals surface area contributed by atoms with Crippen LogP contribution in [0.5, 0.6) is 11.5 Å². The van der Waals surface area contributed by atoms with E-state index in [1.54, 1.807) is 18.2 Å². The first-order valence-electron chi connectivity index (χ1n) is 8.32. The maximum Gasteiger partial charge on any atom is 0.338 e. The zero-order chi connectivity index (χ0) is 17.5. The minimum atomic E-state index is -0.559. The number of esters is 1. The molecule has 1 atom stereocenters. The normalized spacial score (nSPS) is 13.7. The maximum atomic E-state index is 12.0. The molecule has 0 saturated carbocycles.